The Bertz CT molecular complexity index is 580. The Kier molecular flexibility index (Phi) is 4.40. The fraction of sp³-hybridized carbons (Fsp3) is 0.294. The molecule has 0 aliphatic carbocycles. The van der Waals surface area contributed by atoms with Gasteiger partial charge in [-0.2, -0.15) is 0 Å². The molecule has 2 N–H and O–H groups in total. The number of benzene rings is 2. The van der Waals surface area contributed by atoms with E-state index >= 15 is 0 Å². The molecule has 0 fully saturated rings. The van der Waals surface area contributed by atoms with E-state index in [0.29, 0.717) is 5.56 Å². The summed E-state index contributed by atoms with van der Waals surface area (Å²) in [6.07, 6.45) is 0. The molecule has 0 spiro atoms. The quantitative estimate of drug-likeness (QED) is 0.872. The summed E-state index contributed by atoms with van der Waals surface area (Å²) in [4.78, 5) is 0. The molecule has 2 atom stereocenters. The van der Waals surface area contributed by atoms with Crippen LogP contribution in [0.4, 0.5) is 4.39 Å². The Balaban J connectivity index is 2.12. The maximum Gasteiger partial charge on any atom is 0.123 e. The molecular weight excluding hydrogens is 253 g/mol. The number of rotatable bonds is 4. The topological polar surface area (TPSA) is 32.3 Å². The lowest BCUT2D eigenvalue weighted by atomic mass is 10.0. The van der Waals surface area contributed by atoms with Gasteiger partial charge in [-0.3, -0.25) is 0 Å². The van der Waals surface area contributed by atoms with Gasteiger partial charge in [0.15, 0.2) is 0 Å². The normalized spacial score (nSPS) is 14.0. The third kappa shape index (κ3) is 3.36. The van der Waals surface area contributed by atoms with Crippen LogP contribution in [0.5, 0.6) is 5.75 Å². The van der Waals surface area contributed by atoms with Crippen molar-refractivity contribution in [2.45, 2.75) is 32.9 Å². The summed E-state index contributed by atoms with van der Waals surface area (Å²) in [6, 6.07) is 12.3. The second-order valence-electron chi connectivity index (χ2n) is 5.22. The van der Waals surface area contributed by atoms with E-state index in [1.807, 2.05) is 6.92 Å². The first kappa shape index (κ1) is 14.5. The van der Waals surface area contributed by atoms with Crippen LogP contribution in [0.15, 0.2) is 42.5 Å². The minimum Gasteiger partial charge on any atom is -0.508 e. The van der Waals surface area contributed by atoms with Crippen molar-refractivity contribution in [1.29, 1.82) is 0 Å². The Labute approximate surface area is 119 Å². The van der Waals surface area contributed by atoms with Crippen molar-refractivity contribution in [2.75, 3.05) is 0 Å². The Morgan fingerprint density at radius 3 is 2.30 bits per heavy atom. The smallest absolute Gasteiger partial charge is 0.123 e. The van der Waals surface area contributed by atoms with Gasteiger partial charge in [0.25, 0.3) is 0 Å². The van der Waals surface area contributed by atoms with Crippen LogP contribution in [0.3, 0.4) is 0 Å². The number of phenolic OH excluding ortho intramolecular Hbond substituents is 1. The third-order valence-electron chi connectivity index (χ3n) is 3.53. The highest BCUT2D eigenvalue weighted by Crippen LogP contribution is 2.27. The van der Waals surface area contributed by atoms with Crippen molar-refractivity contribution in [3.8, 4) is 5.75 Å². The maximum absolute atomic E-state index is 13.3. The highest BCUT2D eigenvalue weighted by atomic mass is 19.1. The summed E-state index contributed by atoms with van der Waals surface area (Å²) in [5, 5.41) is 13.2. The first-order chi connectivity index (χ1) is 9.47. The molecule has 0 heterocycles. The number of nitrogens with one attached hydrogen (secondary N) is 1. The predicted molar refractivity (Wildman–Crippen MR) is 79.2 cm³/mol. The van der Waals surface area contributed by atoms with Crippen LogP contribution >= 0.6 is 0 Å². The Morgan fingerprint density at radius 2 is 1.65 bits per heavy atom. The zero-order chi connectivity index (χ0) is 14.7. The first-order valence-electron chi connectivity index (χ1n) is 6.78. The van der Waals surface area contributed by atoms with E-state index in [1.165, 1.54) is 29.3 Å². The third-order valence-corrected chi connectivity index (χ3v) is 3.53. The monoisotopic (exact) mass is 273 g/mol. The summed E-state index contributed by atoms with van der Waals surface area (Å²) in [6.45, 7) is 6.02. The minimum atomic E-state index is -0.338. The summed E-state index contributed by atoms with van der Waals surface area (Å²) < 4.78 is 13.3. The van der Waals surface area contributed by atoms with Gasteiger partial charge in [-0.1, -0.05) is 29.8 Å². The van der Waals surface area contributed by atoms with Gasteiger partial charge in [0.2, 0.25) is 0 Å². The summed E-state index contributed by atoms with van der Waals surface area (Å²) >= 11 is 0. The molecule has 0 aliphatic rings. The molecule has 0 bridgehead atoms. The molecule has 3 heteroatoms. The molecule has 0 radical (unpaired) electrons. The number of aryl methyl sites for hydroxylation is 1. The molecule has 0 amide bonds. The minimum absolute atomic E-state index is 0.113. The lowest BCUT2D eigenvalue weighted by molar-refractivity contribution is 0.435. The Hall–Kier alpha value is -1.87. The molecule has 2 aromatic carbocycles. The van der Waals surface area contributed by atoms with E-state index in [4.69, 9.17) is 0 Å². The molecule has 20 heavy (non-hydrogen) atoms. The largest absolute Gasteiger partial charge is 0.508 e. The molecule has 2 rings (SSSR count). The summed E-state index contributed by atoms with van der Waals surface area (Å²) in [7, 11) is 0. The summed E-state index contributed by atoms with van der Waals surface area (Å²) in [5.41, 5.74) is 2.96. The number of hydrogen-bond acceptors (Lipinski definition) is 2. The van der Waals surface area contributed by atoms with Gasteiger partial charge < -0.3 is 10.4 Å². The lowest BCUT2D eigenvalue weighted by Gasteiger charge is -2.21. The highest BCUT2D eigenvalue weighted by Gasteiger charge is 2.14. The predicted octanol–water partition coefficient (Wildman–Crippen LogP) is 4.25. The van der Waals surface area contributed by atoms with Crippen LogP contribution in [0.25, 0.3) is 0 Å². The van der Waals surface area contributed by atoms with Crippen molar-refractivity contribution in [3.63, 3.8) is 0 Å². The number of aromatic hydroxyl groups is 1. The number of phenols is 1. The maximum atomic E-state index is 13.3. The van der Waals surface area contributed by atoms with Crippen LogP contribution in [0.2, 0.25) is 0 Å². The second-order valence-corrected chi connectivity index (χ2v) is 5.22. The van der Waals surface area contributed by atoms with Gasteiger partial charge in [-0.05, 0) is 44.5 Å². The molecule has 0 saturated carbocycles. The van der Waals surface area contributed by atoms with Gasteiger partial charge in [-0.25, -0.2) is 4.39 Å². The van der Waals surface area contributed by atoms with Crippen molar-refractivity contribution >= 4 is 0 Å². The highest BCUT2D eigenvalue weighted by molar-refractivity contribution is 5.35. The molecule has 2 nitrogen and oxygen atoms in total. The van der Waals surface area contributed by atoms with Crippen molar-refractivity contribution in [2.24, 2.45) is 0 Å². The van der Waals surface area contributed by atoms with Gasteiger partial charge in [0.1, 0.15) is 11.6 Å². The van der Waals surface area contributed by atoms with E-state index in [1.54, 1.807) is 0 Å². The van der Waals surface area contributed by atoms with Crippen LogP contribution < -0.4 is 5.32 Å². The molecule has 0 saturated heterocycles. The lowest BCUT2D eigenvalue weighted by Crippen LogP contribution is -2.22. The fourth-order valence-electron chi connectivity index (χ4n) is 2.29. The van der Waals surface area contributed by atoms with Gasteiger partial charge in [0.05, 0.1) is 0 Å². The van der Waals surface area contributed by atoms with Crippen LogP contribution in [-0.2, 0) is 0 Å². The van der Waals surface area contributed by atoms with Crippen molar-refractivity contribution in [1.82, 2.24) is 5.32 Å². The number of hydrogen-bond donors (Lipinski definition) is 2. The standard InChI is InChI=1S/C17H20FNO/c1-11-4-6-14(7-5-11)12(2)19-13(3)16-10-15(18)8-9-17(16)20/h4-10,12-13,19-20H,1-3H3. The van der Waals surface area contributed by atoms with E-state index < -0.39 is 0 Å². The molecular formula is C17H20FNO. The SMILES string of the molecule is Cc1ccc(C(C)NC(C)c2cc(F)ccc2O)cc1. The van der Waals surface area contributed by atoms with Crippen molar-refractivity contribution in [3.05, 3.63) is 65.0 Å². The van der Waals surface area contributed by atoms with E-state index in [-0.39, 0.29) is 23.7 Å². The molecule has 0 aromatic heterocycles. The van der Waals surface area contributed by atoms with Gasteiger partial charge >= 0.3 is 0 Å². The summed E-state index contributed by atoms with van der Waals surface area (Å²) in [5.74, 6) is -0.225. The molecule has 106 valence electrons. The van der Waals surface area contributed by atoms with Crippen molar-refractivity contribution < 1.29 is 9.50 Å². The second kappa shape index (κ2) is 6.06. The average molecular weight is 273 g/mol. The Morgan fingerprint density at radius 1 is 1.00 bits per heavy atom. The zero-order valence-corrected chi connectivity index (χ0v) is 12.0. The van der Waals surface area contributed by atoms with Gasteiger partial charge in [0, 0.05) is 17.6 Å². The molecule has 0 aliphatic heterocycles. The van der Waals surface area contributed by atoms with Crippen LogP contribution in [0.1, 0.15) is 42.6 Å². The fourth-order valence-corrected chi connectivity index (χ4v) is 2.29. The van der Waals surface area contributed by atoms with E-state index in [2.05, 4.69) is 43.4 Å². The van der Waals surface area contributed by atoms with Gasteiger partial charge in [-0.15, -0.1) is 0 Å². The first-order valence-corrected chi connectivity index (χ1v) is 6.78. The number of halogens is 1. The van der Waals surface area contributed by atoms with E-state index in [0.717, 1.165) is 0 Å². The van der Waals surface area contributed by atoms with Crippen LogP contribution in [-0.4, -0.2) is 5.11 Å². The molecule has 2 unspecified atom stereocenters. The van der Waals surface area contributed by atoms with E-state index in [9.17, 15) is 9.50 Å². The average Bonchev–Trinajstić information content (AvgIpc) is 2.42. The van der Waals surface area contributed by atoms with Crippen LogP contribution in [0, 0.1) is 12.7 Å². The zero-order valence-electron chi connectivity index (χ0n) is 12.0. The molecule has 2 aromatic rings.